The van der Waals surface area contributed by atoms with Crippen molar-refractivity contribution in [1.29, 1.82) is 0 Å². The SMILES string of the molecule is COc1c([N+](=O)[O-])c(I)nn1C(C)(C)C. The minimum Gasteiger partial charge on any atom is -0.476 e. The number of halogens is 1. The van der Waals surface area contributed by atoms with Crippen LogP contribution in [-0.4, -0.2) is 21.8 Å². The van der Waals surface area contributed by atoms with E-state index >= 15 is 0 Å². The number of nitrogens with zero attached hydrogens (tertiary/aromatic N) is 3. The lowest BCUT2D eigenvalue weighted by atomic mass is 10.1. The molecule has 0 aliphatic rings. The molecule has 0 unspecified atom stereocenters. The van der Waals surface area contributed by atoms with E-state index in [9.17, 15) is 10.1 Å². The Labute approximate surface area is 101 Å². The van der Waals surface area contributed by atoms with E-state index in [0.717, 1.165) is 0 Å². The van der Waals surface area contributed by atoms with Crippen LogP contribution < -0.4 is 4.74 Å². The number of rotatable bonds is 2. The molecule has 1 rings (SSSR count). The minimum atomic E-state index is -0.476. The first-order chi connectivity index (χ1) is 6.79. The topological polar surface area (TPSA) is 70.2 Å². The fourth-order valence-electron chi connectivity index (χ4n) is 1.16. The molecule has 7 heteroatoms. The Balaban J connectivity index is 3.45. The van der Waals surface area contributed by atoms with Crippen LogP contribution in [0.3, 0.4) is 0 Å². The third-order valence-electron chi connectivity index (χ3n) is 1.79. The average Bonchev–Trinajstić information content (AvgIpc) is 2.41. The van der Waals surface area contributed by atoms with Crippen molar-refractivity contribution in [2.45, 2.75) is 26.3 Å². The molecule has 1 aromatic rings. The van der Waals surface area contributed by atoms with Gasteiger partial charge in [0.05, 0.1) is 17.6 Å². The van der Waals surface area contributed by atoms with Crippen LogP contribution in [0.1, 0.15) is 20.8 Å². The monoisotopic (exact) mass is 325 g/mol. The number of aromatic nitrogens is 2. The van der Waals surface area contributed by atoms with Gasteiger partial charge in [0.1, 0.15) is 0 Å². The minimum absolute atomic E-state index is 0.0759. The van der Waals surface area contributed by atoms with E-state index < -0.39 is 4.92 Å². The van der Waals surface area contributed by atoms with Crippen LogP contribution in [0.15, 0.2) is 0 Å². The molecule has 0 radical (unpaired) electrons. The largest absolute Gasteiger partial charge is 0.476 e. The fraction of sp³-hybridized carbons (Fsp3) is 0.625. The summed E-state index contributed by atoms with van der Waals surface area (Å²) in [5, 5.41) is 14.9. The predicted octanol–water partition coefficient (Wildman–Crippen LogP) is 2.16. The molecule has 1 aromatic heterocycles. The molecule has 0 fully saturated rings. The van der Waals surface area contributed by atoms with Crippen LogP contribution in [0.5, 0.6) is 5.88 Å². The quantitative estimate of drug-likeness (QED) is 0.475. The van der Waals surface area contributed by atoms with E-state index in [0.29, 0.717) is 3.70 Å². The molecule has 6 nitrogen and oxygen atoms in total. The Morgan fingerprint density at radius 2 is 2.07 bits per heavy atom. The molecule has 84 valence electrons. The van der Waals surface area contributed by atoms with Gasteiger partial charge in [-0.15, -0.1) is 0 Å². The van der Waals surface area contributed by atoms with Gasteiger partial charge in [0, 0.05) is 0 Å². The fourth-order valence-corrected chi connectivity index (χ4v) is 1.80. The molecule has 0 aliphatic heterocycles. The molecule has 15 heavy (non-hydrogen) atoms. The highest BCUT2D eigenvalue weighted by Gasteiger charge is 2.32. The van der Waals surface area contributed by atoms with Gasteiger partial charge in [0.2, 0.25) is 3.70 Å². The average molecular weight is 325 g/mol. The van der Waals surface area contributed by atoms with Crippen molar-refractivity contribution < 1.29 is 9.66 Å². The molecule has 0 saturated heterocycles. The lowest BCUT2D eigenvalue weighted by Gasteiger charge is -2.20. The maximum atomic E-state index is 10.8. The highest BCUT2D eigenvalue weighted by Crippen LogP contribution is 2.35. The summed E-state index contributed by atoms with van der Waals surface area (Å²) in [6.45, 7) is 5.72. The highest BCUT2D eigenvalue weighted by molar-refractivity contribution is 14.1. The number of hydrogen-bond acceptors (Lipinski definition) is 4. The Morgan fingerprint density at radius 1 is 1.53 bits per heavy atom. The zero-order chi connectivity index (χ0) is 11.8. The second-order valence-electron chi connectivity index (χ2n) is 3.99. The molecule has 0 aromatic carbocycles. The van der Waals surface area contributed by atoms with Gasteiger partial charge in [-0.05, 0) is 43.4 Å². The van der Waals surface area contributed by atoms with Crippen molar-refractivity contribution in [1.82, 2.24) is 9.78 Å². The van der Waals surface area contributed by atoms with Gasteiger partial charge in [0.15, 0.2) is 0 Å². The van der Waals surface area contributed by atoms with Crippen molar-refractivity contribution in [3.63, 3.8) is 0 Å². The maximum Gasteiger partial charge on any atom is 0.363 e. The van der Waals surface area contributed by atoms with Crippen molar-refractivity contribution in [3.8, 4) is 5.88 Å². The number of nitro groups is 1. The van der Waals surface area contributed by atoms with Crippen molar-refractivity contribution in [2.75, 3.05) is 7.11 Å². The predicted molar refractivity (Wildman–Crippen MR) is 63.1 cm³/mol. The third-order valence-corrected chi connectivity index (χ3v) is 2.52. The van der Waals surface area contributed by atoms with Crippen LogP contribution in [0, 0.1) is 13.8 Å². The Morgan fingerprint density at radius 3 is 2.40 bits per heavy atom. The van der Waals surface area contributed by atoms with E-state index in [-0.39, 0.29) is 17.1 Å². The van der Waals surface area contributed by atoms with Gasteiger partial charge in [-0.2, -0.15) is 5.10 Å². The molecular weight excluding hydrogens is 313 g/mol. The van der Waals surface area contributed by atoms with E-state index in [4.69, 9.17) is 4.74 Å². The normalized spacial score (nSPS) is 11.5. The molecule has 0 N–H and O–H groups in total. The summed E-state index contributed by atoms with van der Waals surface area (Å²) >= 11 is 1.83. The highest BCUT2D eigenvalue weighted by atomic mass is 127. The molecule has 0 amide bonds. The second kappa shape index (κ2) is 3.95. The van der Waals surface area contributed by atoms with Crippen LogP contribution in [0.2, 0.25) is 0 Å². The molecule has 0 bridgehead atoms. The van der Waals surface area contributed by atoms with E-state index in [2.05, 4.69) is 5.10 Å². The lowest BCUT2D eigenvalue weighted by Crippen LogP contribution is -2.23. The van der Waals surface area contributed by atoms with Crippen LogP contribution in [0.25, 0.3) is 0 Å². The lowest BCUT2D eigenvalue weighted by molar-refractivity contribution is -0.386. The zero-order valence-corrected chi connectivity index (χ0v) is 11.1. The van der Waals surface area contributed by atoms with Gasteiger partial charge in [-0.25, -0.2) is 4.68 Å². The molecule has 0 saturated carbocycles. The maximum absolute atomic E-state index is 10.8. The third kappa shape index (κ3) is 2.21. The smallest absolute Gasteiger partial charge is 0.363 e. The molecule has 0 atom stereocenters. The Bertz CT molecular complexity index is 395. The van der Waals surface area contributed by atoms with Crippen molar-refractivity contribution in [3.05, 3.63) is 13.8 Å². The summed E-state index contributed by atoms with van der Waals surface area (Å²) in [5.74, 6) is 0.192. The van der Waals surface area contributed by atoms with Gasteiger partial charge in [0.25, 0.3) is 5.88 Å². The Hall–Kier alpha value is -0.860. The summed E-state index contributed by atoms with van der Waals surface area (Å²) in [6, 6.07) is 0. The van der Waals surface area contributed by atoms with E-state index in [1.54, 1.807) is 0 Å². The zero-order valence-electron chi connectivity index (χ0n) is 8.94. The van der Waals surface area contributed by atoms with Gasteiger partial charge >= 0.3 is 5.69 Å². The van der Waals surface area contributed by atoms with Gasteiger partial charge in [-0.1, -0.05) is 0 Å². The van der Waals surface area contributed by atoms with Gasteiger partial charge in [-0.3, -0.25) is 10.1 Å². The summed E-state index contributed by atoms with van der Waals surface area (Å²) in [6.07, 6.45) is 0. The molecule has 0 aliphatic carbocycles. The standard InChI is InChI=1S/C8H12IN3O3/c1-8(2,3)11-7(15-4)5(12(13)14)6(9)10-11/h1-4H3. The van der Waals surface area contributed by atoms with Crippen molar-refractivity contribution >= 4 is 28.3 Å². The van der Waals surface area contributed by atoms with E-state index in [1.165, 1.54) is 11.8 Å². The molecule has 1 heterocycles. The Kier molecular flexibility index (Phi) is 3.22. The van der Waals surface area contributed by atoms with E-state index in [1.807, 2.05) is 43.4 Å². The van der Waals surface area contributed by atoms with Crippen molar-refractivity contribution in [2.24, 2.45) is 0 Å². The molecular formula is C8H12IN3O3. The first-order valence-corrected chi connectivity index (χ1v) is 5.34. The number of ether oxygens (including phenoxy) is 1. The first kappa shape index (κ1) is 12.2. The van der Waals surface area contributed by atoms with Crippen LogP contribution in [-0.2, 0) is 5.54 Å². The van der Waals surface area contributed by atoms with Crippen LogP contribution in [0.4, 0.5) is 5.69 Å². The number of methoxy groups -OCH3 is 1. The first-order valence-electron chi connectivity index (χ1n) is 4.26. The molecule has 0 spiro atoms. The number of hydrogen-bond donors (Lipinski definition) is 0. The summed E-state index contributed by atoms with van der Waals surface area (Å²) in [4.78, 5) is 10.3. The van der Waals surface area contributed by atoms with Gasteiger partial charge < -0.3 is 4.74 Å². The summed E-state index contributed by atoms with van der Waals surface area (Å²) in [7, 11) is 1.41. The second-order valence-corrected chi connectivity index (χ2v) is 5.01. The van der Waals surface area contributed by atoms with Crippen LogP contribution >= 0.6 is 22.6 Å². The summed E-state index contributed by atoms with van der Waals surface area (Å²) < 4.78 is 6.90. The summed E-state index contributed by atoms with van der Waals surface area (Å²) in [5.41, 5.74) is -0.424.